The Hall–Kier alpha value is -2.15. The number of aromatic nitrogens is 4. The molecule has 7 heteroatoms. The highest BCUT2D eigenvalue weighted by atomic mass is 16.5. The summed E-state index contributed by atoms with van der Waals surface area (Å²) in [6, 6.07) is 2.01. The van der Waals surface area contributed by atoms with Gasteiger partial charge in [-0.05, 0) is 13.3 Å². The van der Waals surface area contributed by atoms with Gasteiger partial charge in [-0.1, -0.05) is 0 Å². The minimum absolute atomic E-state index is 0.310. The first kappa shape index (κ1) is 14.8. The van der Waals surface area contributed by atoms with Crippen LogP contribution in [0.5, 0.6) is 0 Å². The molecule has 0 saturated carbocycles. The Morgan fingerprint density at radius 2 is 2.32 bits per heavy atom. The number of rotatable bonds is 5. The lowest BCUT2D eigenvalue weighted by atomic mass is 10.0. The highest BCUT2D eigenvalue weighted by Crippen LogP contribution is 2.26. The van der Waals surface area contributed by atoms with Crippen molar-refractivity contribution in [2.45, 2.75) is 32.4 Å². The number of nitrogens with zero attached hydrogens (tertiary/aromatic N) is 5. The van der Waals surface area contributed by atoms with Crippen LogP contribution in [-0.2, 0) is 17.8 Å². The number of ether oxygens (including phenoxy) is 1. The summed E-state index contributed by atoms with van der Waals surface area (Å²) in [5, 5.41) is 0. The zero-order chi connectivity index (χ0) is 15.5. The minimum Gasteiger partial charge on any atom is -0.381 e. The quantitative estimate of drug-likeness (QED) is 0.899. The molecule has 22 heavy (non-hydrogen) atoms. The summed E-state index contributed by atoms with van der Waals surface area (Å²) in [4.78, 5) is 15.2. The Balaban J connectivity index is 1.81. The van der Waals surface area contributed by atoms with Crippen LogP contribution < -0.4 is 10.6 Å². The number of hydrogen-bond acceptors (Lipinski definition) is 6. The smallest absolute Gasteiger partial charge is 0.222 e. The fraction of sp³-hybridized carbons (Fsp3) is 0.533. The van der Waals surface area contributed by atoms with Crippen molar-refractivity contribution in [2.24, 2.45) is 0 Å². The molecule has 2 aromatic heterocycles. The van der Waals surface area contributed by atoms with Gasteiger partial charge in [0.1, 0.15) is 11.6 Å². The lowest BCUT2D eigenvalue weighted by Gasteiger charge is -2.20. The van der Waals surface area contributed by atoms with Crippen LogP contribution in [0, 0.1) is 0 Å². The summed E-state index contributed by atoms with van der Waals surface area (Å²) < 4.78 is 7.56. The Bertz CT molecular complexity index is 635. The summed E-state index contributed by atoms with van der Waals surface area (Å²) in [6.07, 6.45) is 4.79. The van der Waals surface area contributed by atoms with Crippen molar-refractivity contribution in [1.82, 2.24) is 19.5 Å². The molecule has 1 saturated heterocycles. The first-order valence-corrected chi connectivity index (χ1v) is 7.60. The molecule has 3 rings (SSSR count). The molecule has 0 bridgehead atoms. The summed E-state index contributed by atoms with van der Waals surface area (Å²) in [5.74, 6) is 2.45. The zero-order valence-corrected chi connectivity index (χ0v) is 13.1. The summed E-state index contributed by atoms with van der Waals surface area (Å²) in [6.45, 7) is 5.18. The number of nitrogens with two attached hydrogens (primary N) is 1. The van der Waals surface area contributed by atoms with E-state index in [0.717, 1.165) is 36.9 Å². The molecular formula is C15H22N6O. The van der Waals surface area contributed by atoms with Gasteiger partial charge >= 0.3 is 0 Å². The van der Waals surface area contributed by atoms with Gasteiger partial charge < -0.3 is 19.9 Å². The number of nitrogen functional groups attached to an aromatic ring is 1. The largest absolute Gasteiger partial charge is 0.381 e. The van der Waals surface area contributed by atoms with Crippen molar-refractivity contribution in [1.29, 1.82) is 0 Å². The van der Waals surface area contributed by atoms with E-state index in [2.05, 4.69) is 26.4 Å². The van der Waals surface area contributed by atoms with E-state index < -0.39 is 0 Å². The number of hydrogen-bond donors (Lipinski definition) is 1. The van der Waals surface area contributed by atoms with E-state index in [-0.39, 0.29) is 0 Å². The molecule has 118 valence electrons. The van der Waals surface area contributed by atoms with Crippen LogP contribution in [0.15, 0.2) is 18.5 Å². The Morgan fingerprint density at radius 3 is 3.05 bits per heavy atom. The molecule has 0 radical (unpaired) electrons. The monoisotopic (exact) mass is 302 g/mol. The van der Waals surface area contributed by atoms with E-state index in [0.29, 0.717) is 25.0 Å². The average molecular weight is 302 g/mol. The van der Waals surface area contributed by atoms with E-state index in [4.69, 9.17) is 10.5 Å². The molecule has 7 nitrogen and oxygen atoms in total. The highest BCUT2D eigenvalue weighted by molar-refractivity contribution is 5.43. The van der Waals surface area contributed by atoms with E-state index in [1.807, 2.05) is 30.4 Å². The van der Waals surface area contributed by atoms with Crippen LogP contribution in [0.3, 0.4) is 0 Å². The van der Waals surface area contributed by atoms with Gasteiger partial charge in [0.05, 0.1) is 18.8 Å². The molecule has 0 unspecified atom stereocenters. The molecule has 1 aliphatic heterocycles. The van der Waals surface area contributed by atoms with Crippen LogP contribution in [0.2, 0.25) is 0 Å². The molecule has 1 atom stereocenters. The normalized spacial score (nSPS) is 17.8. The predicted molar refractivity (Wildman–Crippen MR) is 84.6 cm³/mol. The van der Waals surface area contributed by atoms with Crippen LogP contribution in [-0.4, -0.2) is 39.8 Å². The Morgan fingerprint density at radius 1 is 1.45 bits per heavy atom. The lowest BCUT2D eigenvalue weighted by molar-refractivity contribution is 0.193. The first-order chi connectivity index (χ1) is 10.7. The van der Waals surface area contributed by atoms with Gasteiger partial charge in [0.2, 0.25) is 5.95 Å². The summed E-state index contributed by atoms with van der Waals surface area (Å²) >= 11 is 0. The van der Waals surface area contributed by atoms with Gasteiger partial charge in [-0.25, -0.2) is 9.97 Å². The maximum Gasteiger partial charge on any atom is 0.222 e. The van der Waals surface area contributed by atoms with E-state index in [1.54, 1.807) is 0 Å². The highest BCUT2D eigenvalue weighted by Gasteiger charge is 2.21. The molecule has 3 heterocycles. The van der Waals surface area contributed by atoms with Crippen LogP contribution in [0.25, 0.3) is 0 Å². The van der Waals surface area contributed by atoms with Gasteiger partial charge in [-0.15, -0.1) is 0 Å². The first-order valence-electron chi connectivity index (χ1n) is 7.60. The van der Waals surface area contributed by atoms with E-state index >= 15 is 0 Å². The van der Waals surface area contributed by atoms with Crippen molar-refractivity contribution in [3.8, 4) is 0 Å². The van der Waals surface area contributed by atoms with Gasteiger partial charge in [-0.2, -0.15) is 4.98 Å². The number of anilines is 2. The van der Waals surface area contributed by atoms with Gasteiger partial charge in [0, 0.05) is 44.6 Å². The molecule has 0 aliphatic carbocycles. The fourth-order valence-electron chi connectivity index (χ4n) is 2.72. The maximum absolute atomic E-state index is 5.88. The third-order valence-corrected chi connectivity index (χ3v) is 4.01. The van der Waals surface area contributed by atoms with Gasteiger partial charge in [0.25, 0.3) is 0 Å². The third-order valence-electron chi connectivity index (χ3n) is 4.01. The van der Waals surface area contributed by atoms with E-state index in [1.165, 1.54) is 0 Å². The second-order valence-corrected chi connectivity index (χ2v) is 5.56. The van der Waals surface area contributed by atoms with Crippen LogP contribution in [0.1, 0.15) is 30.8 Å². The molecule has 0 spiro atoms. The number of imidazole rings is 1. The average Bonchev–Trinajstić information content (AvgIpc) is 3.17. The molecule has 2 aromatic rings. The van der Waals surface area contributed by atoms with Gasteiger partial charge in [0.15, 0.2) is 0 Å². The topological polar surface area (TPSA) is 82.1 Å². The predicted octanol–water partition coefficient (Wildman–Crippen LogP) is 1.42. The Kier molecular flexibility index (Phi) is 4.24. The second kappa shape index (κ2) is 6.31. The fourth-order valence-corrected chi connectivity index (χ4v) is 2.72. The SMILES string of the molecule is CCn1ccnc1CN(C)c1cc([C@@H]2CCOC2)nc(N)n1. The summed E-state index contributed by atoms with van der Waals surface area (Å²) in [5.41, 5.74) is 6.85. The maximum atomic E-state index is 5.88. The van der Waals surface area contributed by atoms with Crippen LogP contribution >= 0.6 is 0 Å². The second-order valence-electron chi connectivity index (χ2n) is 5.56. The summed E-state index contributed by atoms with van der Waals surface area (Å²) in [7, 11) is 1.99. The van der Waals surface area contributed by atoms with Crippen LogP contribution in [0.4, 0.5) is 11.8 Å². The molecule has 1 fully saturated rings. The minimum atomic E-state index is 0.310. The van der Waals surface area contributed by atoms with Gasteiger partial charge in [-0.3, -0.25) is 0 Å². The lowest BCUT2D eigenvalue weighted by Crippen LogP contribution is -2.22. The molecular weight excluding hydrogens is 280 g/mol. The van der Waals surface area contributed by atoms with Crippen molar-refractivity contribution >= 4 is 11.8 Å². The van der Waals surface area contributed by atoms with Crippen molar-refractivity contribution in [3.63, 3.8) is 0 Å². The number of aryl methyl sites for hydroxylation is 1. The Labute approximate surface area is 130 Å². The molecule has 2 N–H and O–H groups in total. The third kappa shape index (κ3) is 3.04. The standard InChI is InChI=1S/C15H22N6O/c1-3-21-6-5-17-14(21)9-20(2)13-8-12(18-15(16)19-13)11-4-7-22-10-11/h5-6,8,11H,3-4,7,9-10H2,1-2H3,(H2,16,18,19)/t11-/m1/s1. The zero-order valence-electron chi connectivity index (χ0n) is 13.1. The van der Waals surface area contributed by atoms with Crippen molar-refractivity contribution < 1.29 is 4.74 Å². The van der Waals surface area contributed by atoms with E-state index in [9.17, 15) is 0 Å². The van der Waals surface area contributed by atoms with Crippen molar-refractivity contribution in [3.05, 3.63) is 30.0 Å². The molecule has 0 amide bonds. The van der Waals surface area contributed by atoms with Crippen molar-refractivity contribution in [2.75, 3.05) is 30.9 Å². The molecule has 1 aliphatic rings. The molecule has 0 aromatic carbocycles.